The number of nitrogens with one attached hydrogen (secondary N) is 2. The van der Waals surface area contributed by atoms with Crippen LogP contribution in [0.4, 0.5) is 10.5 Å². The SMILES string of the molecule is CC(=O)c1ccc(NC(=O)NCC(C)CO)cc1. The Kier molecular flexibility index (Phi) is 5.32. The van der Waals surface area contributed by atoms with Crippen LogP contribution in [-0.4, -0.2) is 30.1 Å². The standard InChI is InChI=1S/C13H18N2O3/c1-9(8-16)7-14-13(18)15-12-5-3-11(4-6-12)10(2)17/h3-6,9,16H,7-8H2,1-2H3,(H2,14,15,18). The van der Waals surface area contributed by atoms with E-state index in [9.17, 15) is 9.59 Å². The third kappa shape index (κ3) is 4.55. The molecule has 0 bridgehead atoms. The number of Topliss-reactive ketones (excluding diaryl/α,β-unsaturated/α-hetero) is 1. The number of aliphatic hydroxyl groups excluding tert-OH is 1. The summed E-state index contributed by atoms with van der Waals surface area (Å²) in [4.78, 5) is 22.5. The molecule has 0 aliphatic heterocycles. The molecule has 0 aromatic heterocycles. The fourth-order valence-corrected chi connectivity index (χ4v) is 1.30. The minimum atomic E-state index is -0.328. The molecule has 0 radical (unpaired) electrons. The minimum absolute atomic E-state index is 0.0113. The van der Waals surface area contributed by atoms with Crippen LogP contribution in [-0.2, 0) is 0 Å². The maximum absolute atomic E-state index is 11.5. The molecule has 1 aromatic rings. The quantitative estimate of drug-likeness (QED) is 0.695. The molecule has 1 aromatic carbocycles. The number of urea groups is 1. The molecule has 18 heavy (non-hydrogen) atoms. The lowest BCUT2D eigenvalue weighted by Crippen LogP contribution is -2.33. The molecule has 3 N–H and O–H groups in total. The van der Waals surface area contributed by atoms with E-state index in [1.165, 1.54) is 6.92 Å². The second-order valence-electron chi connectivity index (χ2n) is 4.26. The Morgan fingerprint density at radius 1 is 1.28 bits per heavy atom. The molecule has 0 saturated carbocycles. The summed E-state index contributed by atoms with van der Waals surface area (Å²) in [5, 5.41) is 14.1. The molecule has 0 aliphatic rings. The molecule has 0 heterocycles. The predicted molar refractivity (Wildman–Crippen MR) is 69.7 cm³/mol. The van der Waals surface area contributed by atoms with Crippen LogP contribution in [0, 0.1) is 5.92 Å². The first-order valence-corrected chi connectivity index (χ1v) is 5.79. The van der Waals surface area contributed by atoms with Gasteiger partial charge in [-0.3, -0.25) is 4.79 Å². The molecule has 98 valence electrons. The van der Waals surface area contributed by atoms with E-state index in [1.807, 2.05) is 6.92 Å². The Labute approximate surface area is 106 Å². The van der Waals surface area contributed by atoms with Crippen molar-refractivity contribution in [1.29, 1.82) is 0 Å². The van der Waals surface area contributed by atoms with Crippen molar-refractivity contribution >= 4 is 17.5 Å². The van der Waals surface area contributed by atoms with Gasteiger partial charge in [0.1, 0.15) is 0 Å². The van der Waals surface area contributed by atoms with Crippen molar-refractivity contribution in [2.24, 2.45) is 5.92 Å². The Bertz CT molecular complexity index is 415. The largest absolute Gasteiger partial charge is 0.396 e. The Morgan fingerprint density at radius 2 is 1.89 bits per heavy atom. The molecule has 0 aliphatic carbocycles. The van der Waals surface area contributed by atoms with Gasteiger partial charge in [0, 0.05) is 24.4 Å². The van der Waals surface area contributed by atoms with Crippen molar-refractivity contribution < 1.29 is 14.7 Å². The first-order chi connectivity index (χ1) is 8.52. The van der Waals surface area contributed by atoms with Gasteiger partial charge < -0.3 is 15.7 Å². The van der Waals surface area contributed by atoms with Crippen molar-refractivity contribution in [2.45, 2.75) is 13.8 Å². The van der Waals surface area contributed by atoms with Gasteiger partial charge in [0.05, 0.1) is 0 Å². The number of hydrogen-bond donors (Lipinski definition) is 3. The lowest BCUT2D eigenvalue weighted by atomic mass is 10.1. The molecule has 1 atom stereocenters. The summed E-state index contributed by atoms with van der Waals surface area (Å²) in [7, 11) is 0. The normalized spacial score (nSPS) is 11.7. The molecule has 0 saturated heterocycles. The van der Waals surface area contributed by atoms with Gasteiger partial charge in [-0.2, -0.15) is 0 Å². The van der Waals surface area contributed by atoms with Crippen LogP contribution < -0.4 is 10.6 Å². The summed E-state index contributed by atoms with van der Waals surface area (Å²) in [5.74, 6) is 0.0126. The maximum atomic E-state index is 11.5. The van der Waals surface area contributed by atoms with Crippen molar-refractivity contribution in [3.05, 3.63) is 29.8 Å². The molecular weight excluding hydrogens is 232 g/mol. The number of carbonyl (C=O) groups excluding carboxylic acids is 2. The van der Waals surface area contributed by atoms with Crippen LogP contribution in [0.15, 0.2) is 24.3 Å². The van der Waals surface area contributed by atoms with Crippen molar-refractivity contribution in [3.63, 3.8) is 0 Å². The van der Waals surface area contributed by atoms with Crippen molar-refractivity contribution in [1.82, 2.24) is 5.32 Å². The van der Waals surface area contributed by atoms with E-state index < -0.39 is 0 Å². The topological polar surface area (TPSA) is 78.4 Å². The average Bonchev–Trinajstić information content (AvgIpc) is 2.36. The molecular formula is C13H18N2O3. The summed E-state index contributed by atoms with van der Waals surface area (Å²) in [6, 6.07) is 6.34. The fourth-order valence-electron chi connectivity index (χ4n) is 1.30. The molecule has 5 heteroatoms. The van der Waals surface area contributed by atoms with Crippen LogP contribution in [0.2, 0.25) is 0 Å². The van der Waals surface area contributed by atoms with E-state index in [4.69, 9.17) is 5.11 Å². The lowest BCUT2D eigenvalue weighted by molar-refractivity contribution is 0.101. The minimum Gasteiger partial charge on any atom is -0.396 e. The zero-order chi connectivity index (χ0) is 13.5. The summed E-state index contributed by atoms with van der Waals surface area (Å²) in [6.45, 7) is 3.77. The zero-order valence-electron chi connectivity index (χ0n) is 10.6. The smallest absolute Gasteiger partial charge is 0.319 e. The average molecular weight is 250 g/mol. The highest BCUT2D eigenvalue weighted by atomic mass is 16.3. The first-order valence-electron chi connectivity index (χ1n) is 5.79. The molecule has 5 nitrogen and oxygen atoms in total. The number of rotatable bonds is 5. The van der Waals surface area contributed by atoms with Crippen LogP contribution in [0.1, 0.15) is 24.2 Å². The lowest BCUT2D eigenvalue weighted by Gasteiger charge is -2.11. The number of carbonyl (C=O) groups is 2. The number of anilines is 1. The first kappa shape index (κ1) is 14.2. The van der Waals surface area contributed by atoms with Crippen LogP contribution in [0.25, 0.3) is 0 Å². The van der Waals surface area contributed by atoms with Gasteiger partial charge in [-0.1, -0.05) is 6.92 Å². The second-order valence-corrected chi connectivity index (χ2v) is 4.26. The van der Waals surface area contributed by atoms with Crippen LogP contribution >= 0.6 is 0 Å². The second kappa shape index (κ2) is 6.76. The zero-order valence-corrected chi connectivity index (χ0v) is 10.6. The van der Waals surface area contributed by atoms with Gasteiger partial charge in [-0.25, -0.2) is 4.79 Å². The Morgan fingerprint density at radius 3 is 2.39 bits per heavy atom. The summed E-state index contributed by atoms with van der Waals surface area (Å²) >= 11 is 0. The van der Waals surface area contributed by atoms with Crippen molar-refractivity contribution in [2.75, 3.05) is 18.5 Å². The number of benzene rings is 1. The van der Waals surface area contributed by atoms with E-state index in [-0.39, 0.29) is 24.3 Å². The van der Waals surface area contributed by atoms with Gasteiger partial charge in [0.15, 0.2) is 5.78 Å². The van der Waals surface area contributed by atoms with Gasteiger partial charge in [-0.05, 0) is 37.1 Å². The predicted octanol–water partition coefficient (Wildman–Crippen LogP) is 1.64. The fraction of sp³-hybridized carbons (Fsp3) is 0.385. The number of ketones is 1. The van der Waals surface area contributed by atoms with Crippen LogP contribution in [0.5, 0.6) is 0 Å². The highest BCUT2D eigenvalue weighted by molar-refractivity contribution is 5.95. The Balaban J connectivity index is 2.47. The molecule has 0 spiro atoms. The third-order valence-corrected chi connectivity index (χ3v) is 2.47. The van der Waals surface area contributed by atoms with E-state index in [0.717, 1.165) is 0 Å². The van der Waals surface area contributed by atoms with E-state index >= 15 is 0 Å². The number of hydrogen-bond acceptors (Lipinski definition) is 3. The maximum Gasteiger partial charge on any atom is 0.319 e. The monoisotopic (exact) mass is 250 g/mol. The Hall–Kier alpha value is -1.88. The molecule has 2 amide bonds. The molecule has 1 unspecified atom stereocenters. The van der Waals surface area contributed by atoms with Gasteiger partial charge in [-0.15, -0.1) is 0 Å². The summed E-state index contributed by atoms with van der Waals surface area (Å²) in [5.41, 5.74) is 1.23. The van der Waals surface area contributed by atoms with Crippen LogP contribution in [0.3, 0.4) is 0 Å². The highest BCUT2D eigenvalue weighted by Gasteiger charge is 2.05. The van der Waals surface area contributed by atoms with Gasteiger partial charge in [0.25, 0.3) is 0 Å². The van der Waals surface area contributed by atoms with Gasteiger partial charge >= 0.3 is 6.03 Å². The molecule has 1 rings (SSSR count). The van der Waals surface area contributed by atoms with E-state index in [2.05, 4.69) is 10.6 Å². The summed E-state index contributed by atoms with van der Waals surface area (Å²) in [6.07, 6.45) is 0. The van der Waals surface area contributed by atoms with E-state index in [1.54, 1.807) is 24.3 Å². The number of amides is 2. The highest BCUT2D eigenvalue weighted by Crippen LogP contribution is 2.09. The molecule has 0 fully saturated rings. The third-order valence-electron chi connectivity index (χ3n) is 2.47. The van der Waals surface area contributed by atoms with Crippen molar-refractivity contribution in [3.8, 4) is 0 Å². The summed E-state index contributed by atoms with van der Waals surface area (Å²) < 4.78 is 0. The number of aliphatic hydroxyl groups is 1. The van der Waals surface area contributed by atoms with E-state index in [0.29, 0.717) is 17.8 Å². The van der Waals surface area contributed by atoms with Gasteiger partial charge in [0.2, 0.25) is 0 Å².